The van der Waals surface area contributed by atoms with Gasteiger partial charge in [-0.3, -0.25) is 0 Å². The zero-order valence-electron chi connectivity index (χ0n) is 9.81. The van der Waals surface area contributed by atoms with E-state index in [4.69, 9.17) is 11.6 Å². The fraction of sp³-hybridized carbons (Fsp3) is 0.200. The molecule has 18 heavy (non-hydrogen) atoms. The molecule has 1 nitrogen and oxygen atoms in total. The highest BCUT2D eigenvalue weighted by Crippen LogP contribution is 2.27. The lowest BCUT2D eigenvalue weighted by molar-refractivity contribution is 0.264. The maximum Gasteiger partial charge on any atom is 0.0503 e. The van der Waals surface area contributed by atoms with E-state index in [-0.39, 0.29) is 12.5 Å². The monoisotopic (exact) mass is 324 g/mol. The Bertz CT molecular complexity index is 510. The van der Waals surface area contributed by atoms with Crippen LogP contribution in [0.15, 0.2) is 53.0 Å². The summed E-state index contributed by atoms with van der Waals surface area (Å²) in [5, 5.41) is 10.3. The van der Waals surface area contributed by atoms with Gasteiger partial charge in [-0.05, 0) is 35.7 Å². The van der Waals surface area contributed by atoms with Gasteiger partial charge in [0.15, 0.2) is 0 Å². The molecule has 0 bridgehead atoms. The van der Waals surface area contributed by atoms with Crippen molar-refractivity contribution in [2.45, 2.75) is 12.3 Å². The topological polar surface area (TPSA) is 20.2 Å². The van der Waals surface area contributed by atoms with Crippen LogP contribution in [0.1, 0.15) is 17.0 Å². The van der Waals surface area contributed by atoms with Crippen LogP contribution in [0.4, 0.5) is 0 Å². The molecule has 0 spiro atoms. The molecule has 2 aromatic rings. The second-order valence-electron chi connectivity index (χ2n) is 4.23. The number of aliphatic hydroxyl groups excluding tert-OH is 1. The summed E-state index contributed by atoms with van der Waals surface area (Å²) in [6.45, 7) is 0.130. The minimum Gasteiger partial charge on any atom is -0.396 e. The summed E-state index contributed by atoms with van der Waals surface area (Å²) >= 11 is 9.40. The van der Waals surface area contributed by atoms with Crippen molar-refractivity contribution < 1.29 is 5.11 Å². The molecule has 3 heteroatoms. The van der Waals surface area contributed by atoms with Crippen molar-refractivity contribution in [3.05, 3.63) is 69.2 Å². The highest BCUT2D eigenvalue weighted by Gasteiger charge is 2.13. The molecule has 94 valence electrons. The van der Waals surface area contributed by atoms with Gasteiger partial charge in [0.1, 0.15) is 0 Å². The van der Waals surface area contributed by atoms with Gasteiger partial charge in [0, 0.05) is 15.4 Å². The Kier molecular flexibility index (Phi) is 4.81. The van der Waals surface area contributed by atoms with E-state index in [2.05, 4.69) is 15.9 Å². The van der Waals surface area contributed by atoms with E-state index < -0.39 is 0 Å². The Morgan fingerprint density at radius 1 is 1.06 bits per heavy atom. The van der Waals surface area contributed by atoms with Gasteiger partial charge in [-0.15, -0.1) is 0 Å². The van der Waals surface area contributed by atoms with E-state index in [1.54, 1.807) is 0 Å². The number of aliphatic hydroxyl groups is 1. The number of hydrogen-bond acceptors (Lipinski definition) is 1. The molecular weight excluding hydrogens is 312 g/mol. The standard InChI is InChI=1S/C15H14BrClO/c16-15-4-2-1-3-14(15)12(10-18)9-11-5-7-13(17)8-6-11/h1-8,12,18H,9-10H2/t12-/m0/s1. The van der Waals surface area contributed by atoms with Crippen molar-refractivity contribution in [1.82, 2.24) is 0 Å². The summed E-state index contributed by atoms with van der Waals surface area (Å²) in [4.78, 5) is 0. The third-order valence-electron chi connectivity index (χ3n) is 2.96. The van der Waals surface area contributed by atoms with Gasteiger partial charge in [0.2, 0.25) is 0 Å². The van der Waals surface area contributed by atoms with Gasteiger partial charge < -0.3 is 5.11 Å². The fourth-order valence-corrected chi connectivity index (χ4v) is 2.72. The average molecular weight is 326 g/mol. The fourth-order valence-electron chi connectivity index (χ4n) is 1.98. The molecular formula is C15H14BrClO. The molecule has 0 amide bonds. The molecule has 2 aromatic carbocycles. The summed E-state index contributed by atoms with van der Waals surface area (Å²) in [5.41, 5.74) is 2.31. The zero-order chi connectivity index (χ0) is 13.0. The Morgan fingerprint density at radius 2 is 1.72 bits per heavy atom. The predicted octanol–water partition coefficient (Wildman–Crippen LogP) is 4.42. The third-order valence-corrected chi connectivity index (χ3v) is 3.93. The highest BCUT2D eigenvalue weighted by molar-refractivity contribution is 9.10. The van der Waals surface area contributed by atoms with Crippen LogP contribution in [0, 0.1) is 0 Å². The van der Waals surface area contributed by atoms with E-state index in [0.717, 1.165) is 21.5 Å². The van der Waals surface area contributed by atoms with Gasteiger partial charge in [0.25, 0.3) is 0 Å². The molecule has 0 heterocycles. The smallest absolute Gasteiger partial charge is 0.0503 e. The summed E-state index contributed by atoms with van der Waals surface area (Å²) in [6, 6.07) is 15.8. The van der Waals surface area contributed by atoms with Gasteiger partial charge in [-0.2, -0.15) is 0 Å². The molecule has 0 unspecified atom stereocenters. The van der Waals surface area contributed by atoms with Crippen LogP contribution in [0.2, 0.25) is 5.02 Å². The molecule has 0 saturated heterocycles. The number of rotatable bonds is 4. The second-order valence-corrected chi connectivity index (χ2v) is 5.52. The molecule has 2 rings (SSSR count). The van der Waals surface area contributed by atoms with Crippen LogP contribution in [-0.4, -0.2) is 11.7 Å². The first-order chi connectivity index (χ1) is 8.70. The minimum absolute atomic E-state index is 0.0988. The first-order valence-electron chi connectivity index (χ1n) is 5.80. The summed E-state index contributed by atoms with van der Waals surface area (Å²) in [5.74, 6) is 0.0988. The average Bonchev–Trinajstić information content (AvgIpc) is 2.39. The molecule has 0 fully saturated rings. The van der Waals surface area contributed by atoms with Gasteiger partial charge in [-0.25, -0.2) is 0 Å². The van der Waals surface area contributed by atoms with Gasteiger partial charge in [0.05, 0.1) is 6.61 Å². The van der Waals surface area contributed by atoms with Crippen molar-refractivity contribution in [2.75, 3.05) is 6.61 Å². The van der Waals surface area contributed by atoms with Crippen LogP contribution >= 0.6 is 27.5 Å². The summed E-state index contributed by atoms with van der Waals surface area (Å²) < 4.78 is 1.04. The van der Waals surface area contributed by atoms with Crippen molar-refractivity contribution in [2.24, 2.45) is 0 Å². The summed E-state index contributed by atoms with van der Waals surface area (Å²) in [7, 11) is 0. The SMILES string of the molecule is OC[C@H](Cc1ccc(Cl)cc1)c1ccccc1Br. The first kappa shape index (κ1) is 13.6. The molecule has 0 aliphatic carbocycles. The Morgan fingerprint density at radius 3 is 2.33 bits per heavy atom. The van der Waals surface area contributed by atoms with Crippen LogP contribution in [0.25, 0.3) is 0 Å². The molecule has 0 aliphatic rings. The van der Waals surface area contributed by atoms with Gasteiger partial charge in [-0.1, -0.05) is 57.9 Å². The van der Waals surface area contributed by atoms with E-state index >= 15 is 0 Å². The lowest BCUT2D eigenvalue weighted by atomic mass is 9.93. The molecule has 1 N–H and O–H groups in total. The van der Waals surface area contributed by atoms with E-state index in [1.165, 1.54) is 5.56 Å². The first-order valence-corrected chi connectivity index (χ1v) is 6.97. The van der Waals surface area contributed by atoms with Crippen LogP contribution < -0.4 is 0 Å². The van der Waals surface area contributed by atoms with E-state index in [9.17, 15) is 5.11 Å². The minimum atomic E-state index is 0.0988. The number of halogens is 2. The molecule has 0 aromatic heterocycles. The lowest BCUT2D eigenvalue weighted by Crippen LogP contribution is -2.08. The van der Waals surface area contributed by atoms with E-state index in [0.29, 0.717) is 0 Å². The van der Waals surface area contributed by atoms with Crippen LogP contribution in [-0.2, 0) is 6.42 Å². The quantitative estimate of drug-likeness (QED) is 0.882. The second kappa shape index (κ2) is 6.37. The lowest BCUT2D eigenvalue weighted by Gasteiger charge is -2.16. The van der Waals surface area contributed by atoms with Crippen molar-refractivity contribution in [3.8, 4) is 0 Å². The Hall–Kier alpha value is -0.830. The Balaban J connectivity index is 2.20. The predicted molar refractivity (Wildman–Crippen MR) is 79.1 cm³/mol. The molecule has 0 saturated carbocycles. The van der Waals surface area contributed by atoms with Crippen molar-refractivity contribution in [1.29, 1.82) is 0 Å². The maximum atomic E-state index is 9.57. The van der Waals surface area contributed by atoms with E-state index in [1.807, 2.05) is 48.5 Å². The van der Waals surface area contributed by atoms with Crippen molar-refractivity contribution >= 4 is 27.5 Å². The van der Waals surface area contributed by atoms with Crippen LogP contribution in [0.5, 0.6) is 0 Å². The molecule has 0 aliphatic heterocycles. The molecule has 0 radical (unpaired) electrons. The maximum absolute atomic E-state index is 9.57. The van der Waals surface area contributed by atoms with Crippen molar-refractivity contribution in [3.63, 3.8) is 0 Å². The highest BCUT2D eigenvalue weighted by atomic mass is 79.9. The number of hydrogen-bond donors (Lipinski definition) is 1. The third kappa shape index (κ3) is 3.35. The van der Waals surface area contributed by atoms with Gasteiger partial charge >= 0.3 is 0 Å². The normalized spacial score (nSPS) is 12.4. The Labute approximate surface area is 121 Å². The summed E-state index contributed by atoms with van der Waals surface area (Å²) in [6.07, 6.45) is 0.802. The zero-order valence-corrected chi connectivity index (χ0v) is 12.2. The largest absolute Gasteiger partial charge is 0.396 e. The number of benzene rings is 2. The molecule has 1 atom stereocenters. The van der Waals surface area contributed by atoms with Crippen LogP contribution in [0.3, 0.4) is 0 Å².